The van der Waals surface area contributed by atoms with Gasteiger partial charge < -0.3 is 16.0 Å². The molecule has 230 valence electrons. The van der Waals surface area contributed by atoms with Crippen LogP contribution in [-0.2, 0) is 9.59 Å². The van der Waals surface area contributed by atoms with Crippen LogP contribution in [0.4, 0.5) is 11.4 Å². The Hall–Kier alpha value is -4.82. The highest BCUT2D eigenvalue weighted by Crippen LogP contribution is 2.37. The summed E-state index contributed by atoms with van der Waals surface area (Å²) in [6, 6.07) is 37.9. The Kier molecular flexibility index (Phi) is 10.9. The summed E-state index contributed by atoms with van der Waals surface area (Å²) < 4.78 is 0. The van der Waals surface area contributed by atoms with E-state index in [0.29, 0.717) is 27.5 Å². The topological polar surface area (TPSA) is 87.3 Å². The van der Waals surface area contributed by atoms with Crippen molar-refractivity contribution < 1.29 is 14.4 Å². The number of hydrogen-bond acceptors (Lipinski definition) is 4. The highest BCUT2D eigenvalue weighted by molar-refractivity contribution is 8.00. The Morgan fingerprint density at radius 2 is 1.37 bits per heavy atom. The molecule has 5 aromatic carbocycles. The maximum Gasteiger partial charge on any atom is 0.272 e. The van der Waals surface area contributed by atoms with Crippen LogP contribution in [-0.4, -0.2) is 17.7 Å². The van der Waals surface area contributed by atoms with Crippen molar-refractivity contribution in [2.75, 3.05) is 10.6 Å². The van der Waals surface area contributed by atoms with Crippen LogP contribution in [0.1, 0.15) is 32.3 Å². The largest absolute Gasteiger partial charge is 0.325 e. The molecule has 9 heteroatoms. The van der Waals surface area contributed by atoms with Crippen LogP contribution in [0.25, 0.3) is 6.08 Å². The van der Waals surface area contributed by atoms with Crippen molar-refractivity contribution in [2.45, 2.75) is 17.1 Å². The predicted molar refractivity (Wildman–Crippen MR) is 188 cm³/mol. The minimum Gasteiger partial charge on any atom is -0.325 e. The predicted octanol–water partition coefficient (Wildman–Crippen LogP) is 9.18. The summed E-state index contributed by atoms with van der Waals surface area (Å²) in [4.78, 5) is 41.0. The first-order valence-electron chi connectivity index (χ1n) is 14.3. The lowest BCUT2D eigenvalue weighted by molar-refractivity contribution is -0.116. The Morgan fingerprint density at radius 1 is 0.717 bits per heavy atom. The summed E-state index contributed by atoms with van der Waals surface area (Å²) in [6.45, 7) is 1.97. The molecule has 5 aromatic rings. The molecule has 0 heterocycles. The first-order chi connectivity index (χ1) is 22.3. The van der Waals surface area contributed by atoms with Gasteiger partial charge in [0.2, 0.25) is 5.91 Å². The number of hydrogen-bond donors (Lipinski definition) is 3. The quantitative estimate of drug-likeness (QED) is 0.103. The fraction of sp³-hybridized carbons (Fsp3) is 0.0541. The third-order valence-electron chi connectivity index (χ3n) is 6.78. The van der Waals surface area contributed by atoms with Gasteiger partial charge in [0.15, 0.2) is 0 Å². The van der Waals surface area contributed by atoms with Gasteiger partial charge in [-0.3, -0.25) is 14.4 Å². The third-order valence-corrected chi connectivity index (χ3v) is 8.86. The molecule has 0 saturated carbocycles. The van der Waals surface area contributed by atoms with Crippen LogP contribution < -0.4 is 16.0 Å². The summed E-state index contributed by atoms with van der Waals surface area (Å²) in [5.41, 5.74) is 3.86. The van der Waals surface area contributed by atoms with E-state index >= 15 is 0 Å². The van der Waals surface area contributed by atoms with E-state index in [1.807, 2.05) is 67.6 Å². The molecule has 0 saturated heterocycles. The van der Waals surface area contributed by atoms with E-state index in [0.717, 1.165) is 16.0 Å². The van der Waals surface area contributed by atoms with E-state index in [4.69, 9.17) is 23.2 Å². The number of nitrogens with one attached hydrogen (secondary N) is 3. The summed E-state index contributed by atoms with van der Waals surface area (Å²) >= 11 is 14.0. The number of aryl methyl sites for hydroxylation is 1. The van der Waals surface area contributed by atoms with Gasteiger partial charge in [-0.2, -0.15) is 0 Å². The van der Waals surface area contributed by atoms with Gasteiger partial charge in [0.1, 0.15) is 10.9 Å². The molecule has 3 N–H and O–H groups in total. The van der Waals surface area contributed by atoms with E-state index in [-0.39, 0.29) is 16.6 Å². The number of benzene rings is 5. The van der Waals surface area contributed by atoms with Crippen molar-refractivity contribution in [2.24, 2.45) is 0 Å². The number of rotatable bonds is 10. The minimum absolute atomic E-state index is 0.0317. The van der Waals surface area contributed by atoms with E-state index < -0.39 is 17.1 Å². The molecule has 0 aliphatic carbocycles. The number of thioether (sulfide) groups is 1. The van der Waals surface area contributed by atoms with E-state index in [9.17, 15) is 14.4 Å². The summed E-state index contributed by atoms with van der Waals surface area (Å²) in [5, 5.41) is 8.60. The highest BCUT2D eigenvalue weighted by Gasteiger charge is 2.23. The first-order valence-corrected chi connectivity index (χ1v) is 15.9. The van der Waals surface area contributed by atoms with Crippen molar-refractivity contribution in [1.29, 1.82) is 0 Å². The maximum absolute atomic E-state index is 13.6. The molecule has 5 rings (SSSR count). The average Bonchev–Trinajstić information content (AvgIpc) is 3.06. The second kappa shape index (κ2) is 15.5. The summed E-state index contributed by atoms with van der Waals surface area (Å²) in [7, 11) is 0. The highest BCUT2D eigenvalue weighted by atomic mass is 35.5. The molecule has 0 bridgehead atoms. The Labute approximate surface area is 281 Å². The number of halogens is 2. The number of carbonyl (C=O) groups is 3. The van der Waals surface area contributed by atoms with E-state index in [1.54, 1.807) is 66.7 Å². The molecule has 1 atom stereocenters. The van der Waals surface area contributed by atoms with Crippen molar-refractivity contribution >= 4 is 70.1 Å². The second-order valence-corrected chi connectivity index (χ2v) is 12.2. The summed E-state index contributed by atoms with van der Waals surface area (Å²) in [5.74, 6) is -1.21. The number of amides is 3. The van der Waals surface area contributed by atoms with E-state index in [2.05, 4.69) is 16.0 Å². The summed E-state index contributed by atoms with van der Waals surface area (Å²) in [6.07, 6.45) is 1.48. The van der Waals surface area contributed by atoms with Crippen LogP contribution in [0.5, 0.6) is 0 Å². The van der Waals surface area contributed by atoms with Gasteiger partial charge in [0, 0.05) is 21.8 Å². The van der Waals surface area contributed by atoms with Crippen molar-refractivity contribution in [3.8, 4) is 0 Å². The monoisotopic (exact) mass is 665 g/mol. The Morgan fingerprint density at radius 3 is 2.09 bits per heavy atom. The molecule has 46 heavy (non-hydrogen) atoms. The molecule has 0 fully saturated rings. The molecule has 0 aliphatic heterocycles. The zero-order valence-corrected chi connectivity index (χ0v) is 27.0. The van der Waals surface area contributed by atoms with Crippen LogP contribution >= 0.6 is 35.0 Å². The molecule has 1 unspecified atom stereocenters. The lowest BCUT2D eigenvalue weighted by atomic mass is 10.1. The molecule has 0 aliphatic rings. The lowest BCUT2D eigenvalue weighted by Gasteiger charge is -2.18. The molecule has 0 radical (unpaired) electrons. The third kappa shape index (κ3) is 8.67. The van der Waals surface area contributed by atoms with Gasteiger partial charge in [-0.1, -0.05) is 102 Å². The smallest absolute Gasteiger partial charge is 0.272 e. The SMILES string of the molecule is Cc1cccc(NC(=O)C(Sc2cccc(NC(=O)/C(=C\c3cccc(Cl)c3Cl)NC(=O)c3ccccc3)c2)c2ccccc2)c1. The Balaban J connectivity index is 1.39. The number of anilines is 2. The fourth-order valence-electron chi connectivity index (χ4n) is 4.54. The van der Waals surface area contributed by atoms with Crippen LogP contribution in [0.3, 0.4) is 0 Å². The Bertz CT molecular complexity index is 1900. The van der Waals surface area contributed by atoms with Crippen LogP contribution in [0, 0.1) is 6.92 Å². The molecular weight excluding hydrogens is 637 g/mol. The van der Waals surface area contributed by atoms with Crippen LogP contribution in [0.2, 0.25) is 10.0 Å². The standard InChI is InChI=1S/C37H29Cl2N3O3S/c1-24-11-8-17-28(21-24)41-37(45)34(25-12-4-2-5-13-25)46-30-19-10-18-29(23-30)40-36(44)32(22-27-16-9-20-31(38)33(27)39)42-35(43)26-14-6-3-7-15-26/h2-23,34H,1H3,(H,40,44)(H,41,45)(H,42,43)/b32-22+. The molecule has 0 spiro atoms. The van der Waals surface area contributed by atoms with Gasteiger partial charge in [-0.05, 0) is 78.2 Å². The van der Waals surface area contributed by atoms with Crippen molar-refractivity contribution in [1.82, 2.24) is 5.32 Å². The molecule has 0 aromatic heterocycles. The number of carbonyl (C=O) groups excluding carboxylic acids is 3. The lowest BCUT2D eigenvalue weighted by Crippen LogP contribution is -2.30. The minimum atomic E-state index is -0.571. The van der Waals surface area contributed by atoms with Crippen molar-refractivity contribution in [3.63, 3.8) is 0 Å². The van der Waals surface area contributed by atoms with E-state index in [1.165, 1.54) is 17.8 Å². The van der Waals surface area contributed by atoms with Gasteiger partial charge in [-0.15, -0.1) is 11.8 Å². The molecular formula is C37H29Cl2N3O3S. The molecule has 3 amide bonds. The zero-order valence-electron chi connectivity index (χ0n) is 24.7. The van der Waals surface area contributed by atoms with Gasteiger partial charge in [0.25, 0.3) is 11.8 Å². The molecule has 6 nitrogen and oxygen atoms in total. The van der Waals surface area contributed by atoms with Gasteiger partial charge >= 0.3 is 0 Å². The van der Waals surface area contributed by atoms with Gasteiger partial charge in [-0.25, -0.2) is 0 Å². The van der Waals surface area contributed by atoms with Gasteiger partial charge in [0.05, 0.1) is 10.0 Å². The first kappa shape index (κ1) is 32.6. The second-order valence-electron chi connectivity index (χ2n) is 10.3. The van der Waals surface area contributed by atoms with Crippen LogP contribution in [0.15, 0.2) is 138 Å². The normalized spacial score (nSPS) is 11.8. The van der Waals surface area contributed by atoms with Crippen molar-refractivity contribution in [3.05, 3.63) is 165 Å². The fourth-order valence-corrected chi connectivity index (χ4v) is 5.99. The average molecular weight is 667 g/mol. The maximum atomic E-state index is 13.6. The zero-order chi connectivity index (χ0) is 32.5.